The van der Waals surface area contributed by atoms with Crippen molar-refractivity contribution in [3.8, 4) is 6.07 Å². The van der Waals surface area contributed by atoms with E-state index in [1.165, 1.54) is 24.8 Å². The summed E-state index contributed by atoms with van der Waals surface area (Å²) in [5.74, 6) is -0.292. The van der Waals surface area contributed by atoms with Crippen molar-refractivity contribution < 1.29 is 26.1 Å². The Kier molecular flexibility index (Phi) is 4.82. The van der Waals surface area contributed by atoms with Crippen LogP contribution in [0.3, 0.4) is 0 Å². The van der Waals surface area contributed by atoms with Crippen molar-refractivity contribution >= 4 is 21.6 Å². The minimum absolute atomic E-state index is 0.124. The number of nitrogens with one attached hydrogen (secondary N) is 1. The van der Waals surface area contributed by atoms with Gasteiger partial charge in [-0.3, -0.25) is 19.8 Å². The fourth-order valence-electron chi connectivity index (χ4n) is 3.07. The number of anilines is 1. The third-order valence-electron chi connectivity index (χ3n) is 4.34. The van der Waals surface area contributed by atoms with E-state index in [1.807, 2.05) is 0 Å². The molecule has 7 nitrogen and oxygen atoms in total. The number of hydrogen-bond donors (Lipinski definition) is 2. The smallest absolute Gasteiger partial charge is 0.297 e. The molecule has 1 unspecified atom stereocenters. The number of hydrogen-bond acceptors (Lipinski definition) is 5. The molecule has 0 aromatic heterocycles. The molecule has 1 aromatic carbocycles. The molecular weight excluding hydrogens is 373 g/mol. The molecule has 0 radical (unpaired) electrons. The van der Waals surface area contributed by atoms with Crippen LogP contribution in [0.15, 0.2) is 18.2 Å². The van der Waals surface area contributed by atoms with Crippen LogP contribution in [0.5, 0.6) is 0 Å². The number of halogens is 3. The number of nitrogens with zero attached hydrogens (tertiary/aromatic N) is 3. The topological polar surface area (TPSA) is 108 Å². The predicted molar refractivity (Wildman–Crippen MR) is 88.2 cm³/mol. The lowest BCUT2D eigenvalue weighted by Crippen LogP contribution is -2.49. The first-order chi connectivity index (χ1) is 11.8. The van der Waals surface area contributed by atoms with E-state index >= 15 is 0 Å². The molecule has 0 saturated carbocycles. The highest BCUT2D eigenvalue weighted by atomic mass is 32.2. The van der Waals surface area contributed by atoms with E-state index in [0.717, 1.165) is 17.0 Å². The van der Waals surface area contributed by atoms with Gasteiger partial charge in [-0.25, -0.2) is 0 Å². The Morgan fingerprint density at radius 3 is 2.38 bits per heavy atom. The van der Waals surface area contributed by atoms with Crippen molar-refractivity contribution in [2.75, 3.05) is 11.4 Å². The standard InChI is InChI=1S/C15H17F3N4O3S/c1-4-21-13(26(23,24)25)22(12(20)14(21,2)3)10-6-5-9(8-19)11(7-10)15(16,17)18/h5-7,13,20H,4H2,1-3H3,(H,23,24,25). The zero-order valence-electron chi connectivity index (χ0n) is 14.2. The second-order valence-corrected chi connectivity index (χ2v) is 7.70. The molecule has 1 aliphatic heterocycles. The first-order valence-corrected chi connectivity index (χ1v) is 8.99. The van der Waals surface area contributed by atoms with Gasteiger partial charge in [-0.05, 0) is 38.6 Å². The van der Waals surface area contributed by atoms with Crippen LogP contribution in [0.25, 0.3) is 0 Å². The van der Waals surface area contributed by atoms with Gasteiger partial charge in [-0.2, -0.15) is 26.9 Å². The summed E-state index contributed by atoms with van der Waals surface area (Å²) >= 11 is 0. The van der Waals surface area contributed by atoms with Gasteiger partial charge in [0.2, 0.25) is 5.50 Å². The number of alkyl halides is 3. The van der Waals surface area contributed by atoms with Gasteiger partial charge in [-0.1, -0.05) is 6.92 Å². The lowest BCUT2D eigenvalue weighted by molar-refractivity contribution is -0.137. The second-order valence-electron chi connectivity index (χ2n) is 6.24. The van der Waals surface area contributed by atoms with Gasteiger partial charge < -0.3 is 0 Å². The van der Waals surface area contributed by atoms with Gasteiger partial charge in [0.15, 0.2) is 0 Å². The molecule has 1 aromatic rings. The molecule has 0 bridgehead atoms. The highest BCUT2D eigenvalue weighted by molar-refractivity contribution is 7.86. The highest BCUT2D eigenvalue weighted by Gasteiger charge is 2.54. The summed E-state index contributed by atoms with van der Waals surface area (Å²) in [5.41, 5.74) is -5.02. The van der Waals surface area contributed by atoms with Crippen molar-refractivity contribution in [3.63, 3.8) is 0 Å². The molecule has 1 saturated heterocycles. The maximum atomic E-state index is 13.2. The summed E-state index contributed by atoms with van der Waals surface area (Å²) in [5, 5.41) is 17.2. The van der Waals surface area contributed by atoms with Crippen LogP contribution >= 0.6 is 0 Å². The molecule has 2 rings (SSSR count). The zero-order valence-corrected chi connectivity index (χ0v) is 15.0. The van der Waals surface area contributed by atoms with E-state index in [1.54, 1.807) is 6.92 Å². The highest BCUT2D eigenvalue weighted by Crippen LogP contribution is 2.40. The minimum atomic E-state index is -4.84. The Labute approximate surface area is 148 Å². The number of nitriles is 1. The predicted octanol–water partition coefficient (Wildman–Crippen LogP) is 2.65. The third kappa shape index (κ3) is 3.15. The van der Waals surface area contributed by atoms with Crippen LogP contribution in [0.2, 0.25) is 0 Å². The lowest BCUT2D eigenvalue weighted by atomic mass is 10.0. The summed E-state index contributed by atoms with van der Waals surface area (Å²) in [6.07, 6.45) is -4.84. The Bertz CT molecular complexity index is 890. The van der Waals surface area contributed by atoms with E-state index in [-0.39, 0.29) is 18.1 Å². The molecule has 1 heterocycles. The maximum Gasteiger partial charge on any atom is 0.417 e. The van der Waals surface area contributed by atoms with Crippen molar-refractivity contribution in [2.24, 2.45) is 0 Å². The summed E-state index contributed by atoms with van der Waals surface area (Å²) in [4.78, 5) is 2.12. The van der Waals surface area contributed by atoms with Crippen LogP contribution in [0, 0.1) is 16.7 Å². The first kappa shape index (κ1) is 20.2. The van der Waals surface area contributed by atoms with Gasteiger partial charge in [0.05, 0.1) is 22.7 Å². The Morgan fingerprint density at radius 2 is 1.96 bits per heavy atom. The Morgan fingerprint density at radius 1 is 1.38 bits per heavy atom. The molecule has 142 valence electrons. The van der Waals surface area contributed by atoms with Crippen LogP contribution in [-0.2, 0) is 16.3 Å². The van der Waals surface area contributed by atoms with E-state index in [2.05, 4.69) is 0 Å². The summed E-state index contributed by atoms with van der Waals surface area (Å²) in [6, 6.07) is 4.08. The monoisotopic (exact) mass is 390 g/mol. The minimum Gasteiger partial charge on any atom is -0.297 e. The van der Waals surface area contributed by atoms with E-state index in [4.69, 9.17) is 10.7 Å². The van der Waals surface area contributed by atoms with Crippen LogP contribution in [0.4, 0.5) is 18.9 Å². The molecule has 0 aliphatic carbocycles. The number of rotatable bonds is 3. The van der Waals surface area contributed by atoms with Gasteiger partial charge in [0.25, 0.3) is 0 Å². The van der Waals surface area contributed by atoms with Crippen molar-refractivity contribution in [2.45, 2.75) is 38.0 Å². The fourth-order valence-corrected chi connectivity index (χ4v) is 4.30. The quantitative estimate of drug-likeness (QED) is 0.768. The normalized spacial score (nSPS) is 21.1. The van der Waals surface area contributed by atoms with E-state index in [0.29, 0.717) is 6.07 Å². The Balaban J connectivity index is 2.73. The number of likely N-dealkylation sites (N-methyl/N-ethyl adjacent to an activating group) is 1. The number of amidine groups is 1. The van der Waals surface area contributed by atoms with Crippen molar-refractivity contribution in [1.82, 2.24) is 4.90 Å². The zero-order chi connectivity index (χ0) is 20.1. The molecule has 2 N–H and O–H groups in total. The molecular formula is C15H17F3N4O3S. The van der Waals surface area contributed by atoms with Crippen LogP contribution < -0.4 is 4.90 Å². The maximum absolute atomic E-state index is 13.2. The van der Waals surface area contributed by atoms with Crippen molar-refractivity contribution in [3.05, 3.63) is 29.3 Å². The molecule has 26 heavy (non-hydrogen) atoms. The summed E-state index contributed by atoms with van der Waals surface area (Å²) in [6.45, 7) is 4.80. The first-order valence-electron chi connectivity index (χ1n) is 7.49. The van der Waals surface area contributed by atoms with E-state index < -0.39 is 38.5 Å². The largest absolute Gasteiger partial charge is 0.417 e. The average Bonchev–Trinajstić information content (AvgIpc) is 2.72. The third-order valence-corrected chi connectivity index (χ3v) is 5.34. The van der Waals surface area contributed by atoms with Crippen molar-refractivity contribution in [1.29, 1.82) is 10.7 Å². The lowest BCUT2D eigenvalue weighted by Gasteiger charge is -2.31. The van der Waals surface area contributed by atoms with Gasteiger partial charge >= 0.3 is 16.3 Å². The molecule has 0 spiro atoms. The average molecular weight is 390 g/mol. The van der Waals surface area contributed by atoms with Crippen LogP contribution in [-0.4, -0.2) is 41.3 Å². The molecule has 1 atom stereocenters. The molecule has 0 amide bonds. The molecule has 1 aliphatic rings. The molecule has 1 fully saturated rings. The second kappa shape index (κ2) is 6.22. The van der Waals surface area contributed by atoms with Gasteiger partial charge in [0.1, 0.15) is 5.84 Å². The van der Waals surface area contributed by atoms with Gasteiger partial charge in [-0.15, -0.1) is 0 Å². The fraction of sp³-hybridized carbons (Fsp3) is 0.467. The summed E-state index contributed by atoms with van der Waals surface area (Å²) in [7, 11) is -4.76. The SMILES string of the molecule is CCN1C(S(=O)(=O)O)N(c2ccc(C#N)c(C(F)(F)F)c2)C(=N)C1(C)C. The summed E-state index contributed by atoms with van der Waals surface area (Å²) < 4.78 is 73.2. The van der Waals surface area contributed by atoms with Crippen LogP contribution in [0.1, 0.15) is 31.9 Å². The van der Waals surface area contributed by atoms with Gasteiger partial charge in [0, 0.05) is 5.69 Å². The van der Waals surface area contributed by atoms with E-state index in [9.17, 15) is 26.1 Å². The molecule has 11 heteroatoms. The Hall–Kier alpha value is -2.16. The number of benzene rings is 1.